The number of aliphatic hydroxyl groups excluding tert-OH is 1. The van der Waals surface area contributed by atoms with Crippen LogP contribution in [0.1, 0.15) is 23.6 Å². The minimum Gasteiger partial charge on any atom is -0.396 e. The molecule has 0 unspecified atom stereocenters. The summed E-state index contributed by atoms with van der Waals surface area (Å²) < 4.78 is 14.4. The summed E-state index contributed by atoms with van der Waals surface area (Å²) in [7, 11) is 0. The molecule has 5 heteroatoms. The zero-order valence-corrected chi connectivity index (χ0v) is 10.7. The summed E-state index contributed by atoms with van der Waals surface area (Å²) in [5.41, 5.74) is 6.73. The van der Waals surface area contributed by atoms with Gasteiger partial charge in [0.15, 0.2) is 0 Å². The molecule has 0 aliphatic carbocycles. The number of rotatable bonds is 3. The summed E-state index contributed by atoms with van der Waals surface area (Å²) in [5, 5.41) is 8.71. The second kappa shape index (κ2) is 6.43. The molecule has 0 aromatic heterocycles. The predicted octanol–water partition coefficient (Wildman–Crippen LogP) is 2.70. The number of hydrogen-bond acceptors (Lipinski definition) is 2. The van der Waals surface area contributed by atoms with Crippen LogP contribution in [0.3, 0.4) is 0 Å². The first-order valence-electron chi connectivity index (χ1n) is 4.38. The summed E-state index contributed by atoms with van der Waals surface area (Å²) in [6, 6.07) is 2.91. The molecule has 0 saturated heterocycles. The first kappa shape index (κ1) is 14.8. The quantitative estimate of drug-likeness (QED) is 0.901. The smallest absolute Gasteiger partial charge is 0.130 e. The van der Waals surface area contributed by atoms with Gasteiger partial charge in [0.05, 0.1) is 0 Å². The summed E-state index contributed by atoms with van der Waals surface area (Å²) >= 11 is 3.28. The lowest BCUT2D eigenvalue weighted by Gasteiger charge is -2.13. The van der Waals surface area contributed by atoms with E-state index in [1.807, 2.05) is 0 Å². The van der Waals surface area contributed by atoms with E-state index in [2.05, 4.69) is 15.9 Å². The normalized spacial score (nSPS) is 12.1. The van der Waals surface area contributed by atoms with Gasteiger partial charge in [0.2, 0.25) is 0 Å². The number of halogens is 3. The van der Waals surface area contributed by atoms with Crippen LogP contribution in [-0.2, 0) is 0 Å². The van der Waals surface area contributed by atoms with E-state index in [4.69, 9.17) is 10.8 Å². The molecule has 0 fully saturated rings. The molecular weight excluding hydrogens is 284 g/mol. The zero-order valence-electron chi connectivity index (χ0n) is 8.34. The Labute approximate surface area is 103 Å². The molecule has 0 radical (unpaired) electrons. The Balaban J connectivity index is 0.00000196. The van der Waals surface area contributed by atoms with Gasteiger partial charge in [-0.1, -0.05) is 15.9 Å². The third kappa shape index (κ3) is 3.72. The summed E-state index contributed by atoms with van der Waals surface area (Å²) in [4.78, 5) is 0. The van der Waals surface area contributed by atoms with Crippen molar-refractivity contribution in [1.82, 2.24) is 0 Å². The number of aliphatic hydroxyl groups is 1. The molecule has 1 atom stereocenters. The van der Waals surface area contributed by atoms with Gasteiger partial charge in [-0.2, -0.15) is 0 Å². The van der Waals surface area contributed by atoms with Crippen molar-refractivity contribution < 1.29 is 9.50 Å². The van der Waals surface area contributed by atoms with E-state index in [9.17, 15) is 4.39 Å². The molecule has 0 spiro atoms. The van der Waals surface area contributed by atoms with Gasteiger partial charge in [-0.05, 0) is 31.0 Å². The maximum atomic E-state index is 13.6. The van der Waals surface area contributed by atoms with Crippen LogP contribution in [0.4, 0.5) is 4.39 Å². The molecule has 0 amide bonds. The number of nitrogens with two attached hydrogens (primary N) is 1. The van der Waals surface area contributed by atoms with Crippen molar-refractivity contribution in [2.45, 2.75) is 19.4 Å². The standard InChI is InChI=1S/C10H13BrFNO.ClH/c1-6-4-7(11)5-8(10(6)12)9(13)2-3-14;/h4-5,9,14H,2-3,13H2,1H3;1H/t9-;/m1./s1. The zero-order chi connectivity index (χ0) is 10.7. The van der Waals surface area contributed by atoms with Crippen LogP contribution < -0.4 is 5.73 Å². The average Bonchev–Trinajstić information content (AvgIpc) is 2.11. The minimum atomic E-state index is -0.448. The van der Waals surface area contributed by atoms with Crippen molar-refractivity contribution in [2.24, 2.45) is 5.73 Å². The molecule has 0 bridgehead atoms. The number of benzene rings is 1. The number of hydrogen-bond donors (Lipinski definition) is 2. The molecule has 0 aliphatic rings. The van der Waals surface area contributed by atoms with Crippen LogP contribution in [0.2, 0.25) is 0 Å². The van der Waals surface area contributed by atoms with Gasteiger partial charge in [0.1, 0.15) is 5.82 Å². The monoisotopic (exact) mass is 297 g/mol. The van der Waals surface area contributed by atoms with Crippen LogP contribution in [-0.4, -0.2) is 11.7 Å². The molecular formula is C10H14BrClFNO. The second-order valence-electron chi connectivity index (χ2n) is 3.24. The fraction of sp³-hybridized carbons (Fsp3) is 0.400. The van der Waals surface area contributed by atoms with Crippen molar-refractivity contribution in [3.8, 4) is 0 Å². The lowest BCUT2D eigenvalue weighted by Crippen LogP contribution is -2.14. The van der Waals surface area contributed by atoms with Gasteiger partial charge in [-0.15, -0.1) is 12.4 Å². The Hall–Kier alpha value is -0.160. The van der Waals surface area contributed by atoms with E-state index in [1.165, 1.54) is 0 Å². The van der Waals surface area contributed by atoms with E-state index >= 15 is 0 Å². The first-order valence-corrected chi connectivity index (χ1v) is 5.17. The molecule has 1 aromatic rings. The topological polar surface area (TPSA) is 46.2 Å². The first-order chi connectivity index (χ1) is 6.56. The Morgan fingerprint density at radius 2 is 2.13 bits per heavy atom. The maximum Gasteiger partial charge on any atom is 0.130 e. The van der Waals surface area contributed by atoms with Crippen LogP contribution in [0.15, 0.2) is 16.6 Å². The molecule has 3 N–H and O–H groups in total. The molecule has 15 heavy (non-hydrogen) atoms. The molecule has 86 valence electrons. The Kier molecular flexibility index (Phi) is 6.36. The van der Waals surface area contributed by atoms with Gasteiger partial charge in [-0.25, -0.2) is 4.39 Å². The van der Waals surface area contributed by atoms with E-state index in [0.717, 1.165) is 4.47 Å². The van der Waals surface area contributed by atoms with Crippen LogP contribution in [0.5, 0.6) is 0 Å². The molecule has 0 saturated carbocycles. The molecule has 0 heterocycles. The fourth-order valence-electron chi connectivity index (χ4n) is 1.32. The summed E-state index contributed by atoms with van der Waals surface area (Å²) in [5.74, 6) is -0.283. The van der Waals surface area contributed by atoms with Crippen molar-refractivity contribution in [1.29, 1.82) is 0 Å². The Morgan fingerprint density at radius 3 is 2.67 bits per heavy atom. The van der Waals surface area contributed by atoms with Gasteiger partial charge in [0.25, 0.3) is 0 Å². The highest BCUT2D eigenvalue weighted by molar-refractivity contribution is 9.10. The highest BCUT2D eigenvalue weighted by Crippen LogP contribution is 2.24. The van der Waals surface area contributed by atoms with E-state index < -0.39 is 6.04 Å². The molecule has 1 aromatic carbocycles. The molecule has 0 aliphatic heterocycles. The van der Waals surface area contributed by atoms with Gasteiger partial charge >= 0.3 is 0 Å². The van der Waals surface area contributed by atoms with Crippen LogP contribution in [0, 0.1) is 12.7 Å². The summed E-state index contributed by atoms with van der Waals surface area (Å²) in [6.07, 6.45) is 0.368. The Morgan fingerprint density at radius 1 is 1.53 bits per heavy atom. The van der Waals surface area contributed by atoms with E-state index in [0.29, 0.717) is 17.5 Å². The van der Waals surface area contributed by atoms with E-state index in [1.54, 1.807) is 19.1 Å². The SMILES string of the molecule is Cc1cc(Br)cc([C@H](N)CCO)c1F.Cl. The fourth-order valence-corrected chi connectivity index (χ4v) is 1.91. The lowest BCUT2D eigenvalue weighted by atomic mass is 10.0. The van der Waals surface area contributed by atoms with Gasteiger partial charge in [-0.3, -0.25) is 0 Å². The van der Waals surface area contributed by atoms with E-state index in [-0.39, 0.29) is 24.8 Å². The van der Waals surface area contributed by atoms with Crippen molar-refractivity contribution >= 4 is 28.3 Å². The molecule has 1 rings (SSSR count). The highest BCUT2D eigenvalue weighted by Gasteiger charge is 2.13. The van der Waals surface area contributed by atoms with Gasteiger partial charge in [0, 0.05) is 22.7 Å². The third-order valence-corrected chi connectivity index (χ3v) is 2.54. The highest BCUT2D eigenvalue weighted by atomic mass is 79.9. The predicted molar refractivity (Wildman–Crippen MR) is 64.7 cm³/mol. The maximum absolute atomic E-state index is 13.6. The Bertz CT molecular complexity index is 335. The third-order valence-electron chi connectivity index (χ3n) is 2.09. The van der Waals surface area contributed by atoms with Gasteiger partial charge < -0.3 is 10.8 Å². The summed E-state index contributed by atoms with van der Waals surface area (Å²) in [6.45, 7) is 1.65. The van der Waals surface area contributed by atoms with Crippen molar-refractivity contribution in [3.63, 3.8) is 0 Å². The van der Waals surface area contributed by atoms with Crippen molar-refractivity contribution in [3.05, 3.63) is 33.5 Å². The van der Waals surface area contributed by atoms with Crippen LogP contribution in [0.25, 0.3) is 0 Å². The average molecular weight is 299 g/mol. The number of aryl methyl sites for hydroxylation is 1. The van der Waals surface area contributed by atoms with Crippen LogP contribution >= 0.6 is 28.3 Å². The lowest BCUT2D eigenvalue weighted by molar-refractivity contribution is 0.275. The van der Waals surface area contributed by atoms with Crippen molar-refractivity contribution in [2.75, 3.05) is 6.61 Å². The largest absolute Gasteiger partial charge is 0.396 e. The molecule has 2 nitrogen and oxygen atoms in total. The minimum absolute atomic E-state index is 0. The second-order valence-corrected chi connectivity index (χ2v) is 4.16.